The van der Waals surface area contributed by atoms with Crippen molar-refractivity contribution in [2.45, 2.75) is 31.9 Å². The van der Waals surface area contributed by atoms with Gasteiger partial charge < -0.3 is 15.7 Å². The van der Waals surface area contributed by atoms with Crippen molar-refractivity contribution in [1.82, 2.24) is 10.6 Å². The van der Waals surface area contributed by atoms with Crippen LogP contribution in [-0.2, 0) is 0 Å². The van der Waals surface area contributed by atoms with Crippen molar-refractivity contribution in [1.29, 1.82) is 0 Å². The summed E-state index contributed by atoms with van der Waals surface area (Å²) in [7, 11) is 0. The highest BCUT2D eigenvalue weighted by atomic mass is 127. The van der Waals surface area contributed by atoms with Crippen LogP contribution >= 0.6 is 24.0 Å². The van der Waals surface area contributed by atoms with Gasteiger partial charge in [-0.3, -0.25) is 4.99 Å². The molecule has 0 saturated heterocycles. The Hall–Kier alpha value is -0.890. The monoisotopic (exact) mass is 393 g/mol. The Balaban J connectivity index is 0.00000200. The summed E-state index contributed by atoms with van der Waals surface area (Å²) < 4.78 is 12.8. The lowest BCUT2D eigenvalue weighted by Gasteiger charge is -2.12. The molecular weight excluding hydrogens is 372 g/mol. The van der Waals surface area contributed by atoms with Gasteiger partial charge in [0.2, 0.25) is 0 Å². The summed E-state index contributed by atoms with van der Waals surface area (Å²) in [6.07, 6.45) is 1.63. The number of hydrogen-bond acceptors (Lipinski definition) is 2. The summed E-state index contributed by atoms with van der Waals surface area (Å²) in [6, 6.07) is 6.36. The van der Waals surface area contributed by atoms with E-state index in [4.69, 9.17) is 0 Å². The number of benzene rings is 1. The van der Waals surface area contributed by atoms with E-state index >= 15 is 0 Å². The Morgan fingerprint density at radius 2 is 2.05 bits per heavy atom. The molecule has 4 nitrogen and oxygen atoms in total. The van der Waals surface area contributed by atoms with Crippen LogP contribution in [0, 0.1) is 5.82 Å². The molecular formula is C14H21FIN3O. The molecule has 6 heteroatoms. The van der Waals surface area contributed by atoms with Crippen LogP contribution in [0.3, 0.4) is 0 Å². The normalized spacial score (nSPS) is 16.2. The first-order valence-electron chi connectivity index (χ1n) is 6.67. The minimum absolute atomic E-state index is 0. The first-order valence-corrected chi connectivity index (χ1v) is 6.67. The second-order valence-corrected chi connectivity index (χ2v) is 4.71. The second-order valence-electron chi connectivity index (χ2n) is 4.71. The second kappa shape index (κ2) is 8.41. The quantitative estimate of drug-likeness (QED) is 0.409. The van der Waals surface area contributed by atoms with E-state index in [2.05, 4.69) is 15.6 Å². The molecule has 0 aliphatic heterocycles. The molecule has 0 radical (unpaired) electrons. The SMILES string of the molecule is CCNC(=NCC(O)c1ccc(F)cc1)NC1CC1.I. The fourth-order valence-corrected chi connectivity index (χ4v) is 1.71. The van der Waals surface area contributed by atoms with Gasteiger partial charge >= 0.3 is 0 Å². The molecule has 0 spiro atoms. The van der Waals surface area contributed by atoms with Gasteiger partial charge in [-0.1, -0.05) is 12.1 Å². The molecule has 1 aliphatic rings. The van der Waals surface area contributed by atoms with E-state index in [1.165, 1.54) is 25.0 Å². The number of hydrogen-bond donors (Lipinski definition) is 3. The lowest BCUT2D eigenvalue weighted by Crippen LogP contribution is -2.38. The fraction of sp³-hybridized carbons (Fsp3) is 0.500. The van der Waals surface area contributed by atoms with Gasteiger partial charge in [-0.25, -0.2) is 4.39 Å². The molecule has 0 amide bonds. The van der Waals surface area contributed by atoms with Crippen LogP contribution < -0.4 is 10.6 Å². The number of halogens is 2. The number of nitrogens with zero attached hydrogens (tertiary/aromatic N) is 1. The van der Waals surface area contributed by atoms with Gasteiger partial charge in [0.1, 0.15) is 5.82 Å². The highest BCUT2D eigenvalue weighted by molar-refractivity contribution is 14.0. The standard InChI is InChI=1S/C14H20FN3O.HI/c1-2-16-14(18-12-7-8-12)17-9-13(19)10-3-5-11(15)6-4-10;/h3-6,12-13,19H,2,7-9H2,1H3,(H2,16,17,18);1H. The van der Waals surface area contributed by atoms with E-state index in [1.54, 1.807) is 12.1 Å². The summed E-state index contributed by atoms with van der Waals surface area (Å²) >= 11 is 0. The van der Waals surface area contributed by atoms with Gasteiger partial charge in [0, 0.05) is 12.6 Å². The summed E-state index contributed by atoms with van der Waals surface area (Å²) in [5, 5.41) is 16.4. The van der Waals surface area contributed by atoms with E-state index in [0.29, 0.717) is 11.6 Å². The third-order valence-electron chi connectivity index (χ3n) is 2.94. The molecule has 1 unspecified atom stereocenters. The van der Waals surface area contributed by atoms with Crippen molar-refractivity contribution in [2.75, 3.05) is 13.1 Å². The van der Waals surface area contributed by atoms with Crippen molar-refractivity contribution in [3.8, 4) is 0 Å². The zero-order chi connectivity index (χ0) is 13.7. The highest BCUT2D eigenvalue weighted by Crippen LogP contribution is 2.18. The lowest BCUT2D eigenvalue weighted by atomic mass is 10.1. The van der Waals surface area contributed by atoms with E-state index in [0.717, 1.165) is 12.5 Å². The van der Waals surface area contributed by atoms with Crippen LogP contribution in [0.25, 0.3) is 0 Å². The van der Waals surface area contributed by atoms with Crippen molar-refractivity contribution < 1.29 is 9.50 Å². The lowest BCUT2D eigenvalue weighted by molar-refractivity contribution is 0.187. The van der Waals surface area contributed by atoms with Crippen molar-refractivity contribution in [3.63, 3.8) is 0 Å². The average molecular weight is 393 g/mol. The number of aliphatic hydroxyl groups is 1. The molecule has 112 valence electrons. The van der Waals surface area contributed by atoms with Crippen molar-refractivity contribution in [3.05, 3.63) is 35.6 Å². The molecule has 3 N–H and O–H groups in total. The molecule has 1 fully saturated rings. The Labute approximate surface area is 135 Å². The van der Waals surface area contributed by atoms with Crippen LogP contribution in [0.15, 0.2) is 29.3 Å². The molecule has 2 rings (SSSR count). The molecule has 1 atom stereocenters. The van der Waals surface area contributed by atoms with Gasteiger partial charge in [-0.15, -0.1) is 24.0 Å². The predicted octanol–water partition coefficient (Wildman–Crippen LogP) is 2.19. The van der Waals surface area contributed by atoms with Gasteiger partial charge in [-0.05, 0) is 37.5 Å². The van der Waals surface area contributed by atoms with E-state index < -0.39 is 6.10 Å². The van der Waals surface area contributed by atoms with Crippen LogP contribution in [0.2, 0.25) is 0 Å². The van der Waals surface area contributed by atoms with E-state index in [-0.39, 0.29) is 36.3 Å². The maximum Gasteiger partial charge on any atom is 0.191 e. The topological polar surface area (TPSA) is 56.7 Å². The van der Waals surface area contributed by atoms with Crippen LogP contribution in [0.1, 0.15) is 31.4 Å². The predicted molar refractivity (Wildman–Crippen MR) is 88.9 cm³/mol. The Morgan fingerprint density at radius 3 is 2.60 bits per heavy atom. The third kappa shape index (κ3) is 5.62. The van der Waals surface area contributed by atoms with Gasteiger partial charge in [0.05, 0.1) is 12.6 Å². The molecule has 0 heterocycles. The van der Waals surface area contributed by atoms with Crippen LogP contribution in [0.4, 0.5) is 4.39 Å². The fourth-order valence-electron chi connectivity index (χ4n) is 1.71. The summed E-state index contributed by atoms with van der Waals surface area (Å²) in [5.41, 5.74) is 0.674. The molecule has 0 bridgehead atoms. The highest BCUT2D eigenvalue weighted by Gasteiger charge is 2.22. The first kappa shape index (κ1) is 17.2. The van der Waals surface area contributed by atoms with Crippen LogP contribution in [-0.4, -0.2) is 30.2 Å². The van der Waals surface area contributed by atoms with E-state index in [9.17, 15) is 9.50 Å². The minimum Gasteiger partial charge on any atom is -0.386 e. The number of aliphatic hydroxyl groups excluding tert-OH is 1. The zero-order valence-corrected chi connectivity index (χ0v) is 13.8. The average Bonchev–Trinajstić information content (AvgIpc) is 3.21. The first-order chi connectivity index (χ1) is 9.19. The third-order valence-corrected chi connectivity index (χ3v) is 2.94. The zero-order valence-electron chi connectivity index (χ0n) is 11.5. The molecule has 1 aromatic carbocycles. The molecule has 1 saturated carbocycles. The largest absolute Gasteiger partial charge is 0.386 e. The van der Waals surface area contributed by atoms with Crippen molar-refractivity contribution >= 4 is 29.9 Å². The number of rotatable bonds is 5. The Morgan fingerprint density at radius 1 is 1.40 bits per heavy atom. The molecule has 0 aromatic heterocycles. The smallest absolute Gasteiger partial charge is 0.191 e. The molecule has 1 aliphatic carbocycles. The molecule has 20 heavy (non-hydrogen) atoms. The minimum atomic E-state index is -0.713. The molecule has 1 aromatic rings. The maximum absolute atomic E-state index is 12.8. The summed E-state index contributed by atoms with van der Waals surface area (Å²) in [5.74, 6) is 0.425. The number of nitrogens with one attached hydrogen (secondary N) is 2. The summed E-state index contributed by atoms with van der Waals surface area (Å²) in [4.78, 5) is 4.34. The summed E-state index contributed by atoms with van der Waals surface area (Å²) in [6.45, 7) is 3.04. The van der Waals surface area contributed by atoms with Crippen LogP contribution in [0.5, 0.6) is 0 Å². The number of guanidine groups is 1. The number of aliphatic imine (C=N–C) groups is 1. The van der Waals surface area contributed by atoms with Gasteiger partial charge in [0.25, 0.3) is 0 Å². The van der Waals surface area contributed by atoms with Gasteiger partial charge in [0.15, 0.2) is 5.96 Å². The van der Waals surface area contributed by atoms with Gasteiger partial charge in [-0.2, -0.15) is 0 Å². The Kier molecular flexibility index (Phi) is 7.22. The maximum atomic E-state index is 12.8. The Bertz CT molecular complexity index is 435. The van der Waals surface area contributed by atoms with E-state index in [1.807, 2.05) is 6.92 Å². The van der Waals surface area contributed by atoms with Crippen molar-refractivity contribution in [2.24, 2.45) is 4.99 Å².